The lowest BCUT2D eigenvalue weighted by Crippen LogP contribution is -2.33. The molecule has 1 heterocycles. The Labute approximate surface area is 209 Å². The van der Waals surface area contributed by atoms with Crippen molar-refractivity contribution < 1.29 is 19.4 Å². The number of nitrogens with zero attached hydrogens (tertiary/aromatic N) is 2. The number of rotatable bonds is 11. The molecule has 0 aromatic heterocycles. The Hall–Kier alpha value is -3.12. The molecule has 1 unspecified atom stereocenters. The van der Waals surface area contributed by atoms with E-state index in [9.17, 15) is 14.7 Å². The Bertz CT molecular complexity index is 1040. The molecular formula is C29H38N2O4. The van der Waals surface area contributed by atoms with Gasteiger partial charge in [-0.15, -0.1) is 0 Å². The van der Waals surface area contributed by atoms with E-state index in [-0.39, 0.29) is 11.3 Å². The summed E-state index contributed by atoms with van der Waals surface area (Å²) < 4.78 is 5.49. The molecule has 0 aliphatic carbocycles. The number of Topliss-reactive ketones (excluding diaryl/α,β-unsaturated/α-hetero) is 1. The standard InChI is InChI=1S/C29H38N2O4/c1-6-30(7-2)18-9-19-31-26(22-12-10-21(11-13-22)20(4)5)25(28(33)29(31)34)27(32)23-14-16-24(17-15-23)35-8-3/h10-17,20,26,32H,6-9,18-19H2,1-5H3. The first-order chi connectivity index (χ1) is 16.8. The van der Waals surface area contributed by atoms with Crippen molar-refractivity contribution in [3.63, 3.8) is 0 Å². The molecule has 0 spiro atoms. The minimum Gasteiger partial charge on any atom is -0.507 e. The monoisotopic (exact) mass is 478 g/mol. The number of hydrogen-bond donors (Lipinski definition) is 1. The second kappa shape index (κ2) is 12.0. The summed E-state index contributed by atoms with van der Waals surface area (Å²) in [7, 11) is 0. The van der Waals surface area contributed by atoms with Crippen molar-refractivity contribution >= 4 is 17.4 Å². The molecule has 2 aromatic rings. The van der Waals surface area contributed by atoms with Crippen LogP contribution in [0.15, 0.2) is 54.1 Å². The van der Waals surface area contributed by atoms with Gasteiger partial charge in [-0.3, -0.25) is 9.59 Å². The lowest BCUT2D eigenvalue weighted by atomic mass is 9.93. The van der Waals surface area contributed by atoms with Gasteiger partial charge < -0.3 is 19.6 Å². The maximum Gasteiger partial charge on any atom is 0.295 e. The summed E-state index contributed by atoms with van der Waals surface area (Å²) in [6.45, 7) is 14.1. The van der Waals surface area contributed by atoms with E-state index in [0.29, 0.717) is 30.4 Å². The average molecular weight is 479 g/mol. The van der Waals surface area contributed by atoms with Gasteiger partial charge in [0, 0.05) is 12.1 Å². The smallest absolute Gasteiger partial charge is 0.295 e. The molecule has 3 rings (SSSR count). The number of carbonyl (C=O) groups excluding carboxylic acids is 2. The number of amides is 1. The maximum atomic E-state index is 13.2. The second-order valence-electron chi connectivity index (χ2n) is 9.15. The summed E-state index contributed by atoms with van der Waals surface area (Å²) in [4.78, 5) is 30.3. The lowest BCUT2D eigenvalue weighted by molar-refractivity contribution is -0.140. The molecule has 1 saturated heterocycles. The van der Waals surface area contributed by atoms with Crippen molar-refractivity contribution in [3.8, 4) is 5.75 Å². The van der Waals surface area contributed by atoms with Crippen LogP contribution in [0.1, 0.15) is 69.7 Å². The summed E-state index contributed by atoms with van der Waals surface area (Å²) in [6.07, 6.45) is 0.748. The largest absolute Gasteiger partial charge is 0.507 e. The van der Waals surface area contributed by atoms with Gasteiger partial charge >= 0.3 is 0 Å². The molecule has 0 bridgehead atoms. The van der Waals surface area contributed by atoms with Gasteiger partial charge in [0.05, 0.1) is 18.2 Å². The summed E-state index contributed by atoms with van der Waals surface area (Å²) in [5, 5.41) is 11.2. The first-order valence-electron chi connectivity index (χ1n) is 12.7. The van der Waals surface area contributed by atoms with Crippen LogP contribution in [0, 0.1) is 0 Å². The highest BCUT2D eigenvalue weighted by atomic mass is 16.5. The molecule has 35 heavy (non-hydrogen) atoms. The molecule has 1 atom stereocenters. The number of aliphatic hydroxyl groups is 1. The number of ketones is 1. The van der Waals surface area contributed by atoms with Crippen LogP contribution >= 0.6 is 0 Å². The molecule has 1 N–H and O–H groups in total. The Morgan fingerprint density at radius 3 is 2.17 bits per heavy atom. The predicted octanol–water partition coefficient (Wildman–Crippen LogP) is 5.36. The van der Waals surface area contributed by atoms with Crippen LogP contribution in [-0.4, -0.2) is 59.4 Å². The minimum atomic E-state index is -0.642. The number of ether oxygens (including phenoxy) is 1. The second-order valence-corrected chi connectivity index (χ2v) is 9.15. The molecule has 188 valence electrons. The van der Waals surface area contributed by atoms with Crippen LogP contribution in [0.3, 0.4) is 0 Å². The van der Waals surface area contributed by atoms with Gasteiger partial charge in [-0.2, -0.15) is 0 Å². The third kappa shape index (κ3) is 5.93. The maximum absolute atomic E-state index is 13.2. The Balaban J connectivity index is 2.01. The fourth-order valence-corrected chi connectivity index (χ4v) is 4.56. The van der Waals surface area contributed by atoms with Gasteiger partial charge in [0.1, 0.15) is 11.5 Å². The molecule has 6 nitrogen and oxygen atoms in total. The van der Waals surface area contributed by atoms with E-state index in [1.807, 2.05) is 31.2 Å². The molecular weight excluding hydrogens is 440 g/mol. The number of likely N-dealkylation sites (tertiary alicyclic amines) is 1. The highest BCUT2D eigenvalue weighted by molar-refractivity contribution is 6.46. The zero-order valence-electron chi connectivity index (χ0n) is 21.6. The van der Waals surface area contributed by atoms with E-state index in [2.05, 4.69) is 32.6 Å². The lowest BCUT2D eigenvalue weighted by Gasteiger charge is -2.27. The van der Waals surface area contributed by atoms with Crippen LogP contribution in [0.5, 0.6) is 5.75 Å². The van der Waals surface area contributed by atoms with E-state index < -0.39 is 17.7 Å². The van der Waals surface area contributed by atoms with E-state index >= 15 is 0 Å². The van der Waals surface area contributed by atoms with E-state index in [4.69, 9.17) is 4.74 Å². The van der Waals surface area contributed by atoms with E-state index in [0.717, 1.165) is 31.6 Å². The normalized spacial score (nSPS) is 17.6. The highest BCUT2D eigenvalue weighted by Crippen LogP contribution is 2.40. The zero-order valence-corrected chi connectivity index (χ0v) is 21.6. The molecule has 6 heteroatoms. The third-order valence-corrected chi connectivity index (χ3v) is 6.67. The van der Waals surface area contributed by atoms with Gasteiger partial charge in [-0.25, -0.2) is 0 Å². The Kier molecular flexibility index (Phi) is 9.10. The van der Waals surface area contributed by atoms with Crippen LogP contribution in [0.4, 0.5) is 0 Å². The quantitative estimate of drug-likeness (QED) is 0.267. The van der Waals surface area contributed by atoms with Crippen molar-refractivity contribution in [2.45, 2.75) is 53.0 Å². The summed E-state index contributed by atoms with van der Waals surface area (Å²) in [5.74, 6) is -0.308. The van der Waals surface area contributed by atoms with Crippen molar-refractivity contribution in [1.29, 1.82) is 0 Å². The van der Waals surface area contributed by atoms with Crippen LogP contribution in [0.2, 0.25) is 0 Å². The highest BCUT2D eigenvalue weighted by Gasteiger charge is 2.45. The van der Waals surface area contributed by atoms with Gasteiger partial charge in [-0.05, 0) is 74.3 Å². The first kappa shape index (κ1) is 26.5. The molecule has 1 aliphatic heterocycles. The molecule has 1 amide bonds. The van der Waals surface area contributed by atoms with E-state index in [1.165, 1.54) is 5.56 Å². The fraction of sp³-hybridized carbons (Fsp3) is 0.448. The number of hydrogen-bond acceptors (Lipinski definition) is 5. The Morgan fingerprint density at radius 2 is 1.63 bits per heavy atom. The average Bonchev–Trinajstić information content (AvgIpc) is 3.12. The first-order valence-corrected chi connectivity index (χ1v) is 12.7. The molecule has 2 aromatic carbocycles. The fourth-order valence-electron chi connectivity index (χ4n) is 4.56. The zero-order chi connectivity index (χ0) is 25.5. The summed E-state index contributed by atoms with van der Waals surface area (Å²) in [5.41, 5.74) is 2.63. The summed E-state index contributed by atoms with van der Waals surface area (Å²) >= 11 is 0. The predicted molar refractivity (Wildman–Crippen MR) is 140 cm³/mol. The van der Waals surface area contributed by atoms with Crippen molar-refractivity contribution in [1.82, 2.24) is 9.80 Å². The molecule has 0 saturated carbocycles. The molecule has 1 fully saturated rings. The van der Waals surface area contributed by atoms with Gasteiger partial charge in [0.2, 0.25) is 0 Å². The van der Waals surface area contributed by atoms with Crippen LogP contribution < -0.4 is 4.74 Å². The molecule has 1 aliphatic rings. The van der Waals surface area contributed by atoms with Gasteiger partial charge in [0.15, 0.2) is 0 Å². The minimum absolute atomic E-state index is 0.138. The number of benzene rings is 2. The topological polar surface area (TPSA) is 70.1 Å². The SMILES string of the molecule is CCOc1ccc(C(O)=C2C(=O)C(=O)N(CCCN(CC)CC)C2c2ccc(C(C)C)cc2)cc1. The van der Waals surface area contributed by atoms with Gasteiger partial charge in [-0.1, -0.05) is 52.0 Å². The number of carbonyl (C=O) groups is 2. The van der Waals surface area contributed by atoms with Gasteiger partial charge in [0.25, 0.3) is 11.7 Å². The van der Waals surface area contributed by atoms with Crippen LogP contribution in [-0.2, 0) is 9.59 Å². The molecule has 0 radical (unpaired) electrons. The van der Waals surface area contributed by atoms with Crippen molar-refractivity contribution in [3.05, 3.63) is 70.8 Å². The van der Waals surface area contributed by atoms with E-state index in [1.54, 1.807) is 29.2 Å². The van der Waals surface area contributed by atoms with Crippen molar-refractivity contribution in [2.75, 3.05) is 32.8 Å². The number of aliphatic hydroxyl groups excluding tert-OH is 1. The summed E-state index contributed by atoms with van der Waals surface area (Å²) in [6, 6.07) is 14.3. The Morgan fingerprint density at radius 1 is 1.00 bits per heavy atom. The third-order valence-electron chi connectivity index (χ3n) is 6.67. The van der Waals surface area contributed by atoms with Crippen molar-refractivity contribution in [2.24, 2.45) is 0 Å². The van der Waals surface area contributed by atoms with Crippen LogP contribution in [0.25, 0.3) is 5.76 Å².